The second-order valence-corrected chi connectivity index (χ2v) is 4.39. The van der Waals surface area contributed by atoms with Gasteiger partial charge in [-0.15, -0.1) is 0 Å². The molecule has 2 nitrogen and oxygen atoms in total. The lowest BCUT2D eigenvalue weighted by Gasteiger charge is -2.12. The highest BCUT2D eigenvalue weighted by Crippen LogP contribution is 2.30. The average Bonchev–Trinajstić information content (AvgIpc) is 2.32. The SMILES string of the molecule is Cc1ccc(-c2cc(C(F)(F)F)cc(=O)n2C)cc1. The van der Waals surface area contributed by atoms with E-state index in [1.165, 1.54) is 11.6 Å². The van der Waals surface area contributed by atoms with Gasteiger partial charge in [-0.25, -0.2) is 0 Å². The zero-order valence-electron chi connectivity index (χ0n) is 10.5. The molecule has 5 heteroatoms. The molecule has 0 radical (unpaired) electrons. The van der Waals surface area contributed by atoms with Crippen LogP contribution in [0.1, 0.15) is 11.1 Å². The van der Waals surface area contributed by atoms with E-state index in [0.29, 0.717) is 11.6 Å². The largest absolute Gasteiger partial charge is 0.416 e. The molecule has 0 saturated carbocycles. The average molecular weight is 267 g/mol. The number of aromatic nitrogens is 1. The molecule has 0 atom stereocenters. The van der Waals surface area contributed by atoms with Crippen LogP contribution in [0.4, 0.5) is 13.2 Å². The summed E-state index contributed by atoms with van der Waals surface area (Å²) >= 11 is 0. The summed E-state index contributed by atoms with van der Waals surface area (Å²) in [5.74, 6) is 0. The Morgan fingerprint density at radius 2 is 1.63 bits per heavy atom. The maximum atomic E-state index is 12.7. The van der Waals surface area contributed by atoms with Gasteiger partial charge in [0.2, 0.25) is 0 Å². The molecule has 0 aliphatic heterocycles. The van der Waals surface area contributed by atoms with E-state index >= 15 is 0 Å². The second kappa shape index (κ2) is 4.57. The third-order valence-electron chi connectivity index (χ3n) is 2.94. The number of aryl methyl sites for hydroxylation is 1. The first kappa shape index (κ1) is 13.4. The van der Waals surface area contributed by atoms with Crippen molar-refractivity contribution in [1.29, 1.82) is 0 Å². The molecule has 0 amide bonds. The fourth-order valence-electron chi connectivity index (χ4n) is 1.80. The first-order valence-electron chi connectivity index (χ1n) is 5.64. The molecule has 0 aliphatic carbocycles. The number of hydrogen-bond acceptors (Lipinski definition) is 1. The van der Waals surface area contributed by atoms with Crippen molar-refractivity contribution >= 4 is 0 Å². The molecule has 2 rings (SSSR count). The van der Waals surface area contributed by atoms with Crippen LogP contribution in [-0.4, -0.2) is 4.57 Å². The van der Waals surface area contributed by atoms with E-state index in [-0.39, 0.29) is 5.69 Å². The van der Waals surface area contributed by atoms with Gasteiger partial charge in [-0.2, -0.15) is 13.2 Å². The predicted molar refractivity (Wildman–Crippen MR) is 66.9 cm³/mol. The van der Waals surface area contributed by atoms with Gasteiger partial charge >= 0.3 is 6.18 Å². The molecule has 0 bridgehead atoms. The summed E-state index contributed by atoms with van der Waals surface area (Å²) in [7, 11) is 1.46. The van der Waals surface area contributed by atoms with Crippen molar-refractivity contribution < 1.29 is 13.2 Å². The molecular weight excluding hydrogens is 255 g/mol. The molecule has 1 aromatic carbocycles. The molecule has 19 heavy (non-hydrogen) atoms. The van der Waals surface area contributed by atoms with Gasteiger partial charge < -0.3 is 4.57 Å². The van der Waals surface area contributed by atoms with Crippen LogP contribution in [0.2, 0.25) is 0 Å². The Morgan fingerprint density at radius 1 is 1.05 bits per heavy atom. The van der Waals surface area contributed by atoms with Gasteiger partial charge in [0.05, 0.1) is 11.3 Å². The van der Waals surface area contributed by atoms with E-state index in [2.05, 4.69) is 0 Å². The summed E-state index contributed by atoms with van der Waals surface area (Å²) in [5, 5.41) is 0. The van der Waals surface area contributed by atoms with Crippen LogP contribution >= 0.6 is 0 Å². The summed E-state index contributed by atoms with van der Waals surface area (Å²) in [4.78, 5) is 11.6. The molecule has 0 saturated heterocycles. The zero-order valence-corrected chi connectivity index (χ0v) is 10.5. The molecule has 0 unspecified atom stereocenters. The summed E-state index contributed by atoms with van der Waals surface area (Å²) in [5.41, 5.74) is 0.230. The Morgan fingerprint density at radius 3 is 2.16 bits per heavy atom. The number of nitrogens with zero attached hydrogens (tertiary/aromatic N) is 1. The first-order valence-corrected chi connectivity index (χ1v) is 5.64. The highest BCUT2D eigenvalue weighted by Gasteiger charge is 2.31. The lowest BCUT2D eigenvalue weighted by molar-refractivity contribution is -0.137. The first-order chi connectivity index (χ1) is 8.79. The van der Waals surface area contributed by atoms with Crippen molar-refractivity contribution in [2.45, 2.75) is 13.1 Å². The molecule has 0 fully saturated rings. The minimum absolute atomic E-state index is 0.250. The molecule has 1 aromatic heterocycles. The normalized spacial score (nSPS) is 11.6. The van der Waals surface area contributed by atoms with Crippen LogP contribution in [0.3, 0.4) is 0 Å². The standard InChI is InChI=1S/C14H12F3NO/c1-9-3-5-10(6-4-9)12-7-11(14(15,16)17)8-13(19)18(12)2/h3-8H,1-2H3. The summed E-state index contributed by atoms with van der Waals surface area (Å²) in [6, 6.07) is 8.58. The van der Waals surface area contributed by atoms with E-state index in [9.17, 15) is 18.0 Å². The summed E-state index contributed by atoms with van der Waals surface area (Å²) < 4.78 is 39.3. The predicted octanol–water partition coefficient (Wildman–Crippen LogP) is 3.38. The van der Waals surface area contributed by atoms with Gasteiger partial charge in [0.15, 0.2) is 0 Å². The number of alkyl halides is 3. The Labute approximate surface area is 108 Å². The van der Waals surface area contributed by atoms with Crippen molar-refractivity contribution in [1.82, 2.24) is 4.57 Å². The Bertz CT molecular complexity index is 654. The van der Waals surface area contributed by atoms with Gasteiger partial charge in [-0.3, -0.25) is 4.79 Å². The Balaban J connectivity index is 2.66. The minimum Gasteiger partial charge on any atom is -0.311 e. The van der Waals surface area contributed by atoms with Gasteiger partial charge in [0.25, 0.3) is 5.56 Å². The molecule has 1 heterocycles. The topological polar surface area (TPSA) is 22.0 Å². The third kappa shape index (κ3) is 2.70. The fraction of sp³-hybridized carbons (Fsp3) is 0.214. The van der Waals surface area contributed by atoms with Crippen LogP contribution in [0.15, 0.2) is 41.2 Å². The van der Waals surface area contributed by atoms with Gasteiger partial charge in [-0.05, 0) is 18.6 Å². The van der Waals surface area contributed by atoms with Gasteiger partial charge in [-0.1, -0.05) is 29.8 Å². The zero-order chi connectivity index (χ0) is 14.2. The molecular formula is C14H12F3NO. The molecule has 0 aliphatic rings. The van der Waals surface area contributed by atoms with Crippen molar-refractivity contribution in [2.24, 2.45) is 7.05 Å². The maximum Gasteiger partial charge on any atom is 0.416 e. The highest BCUT2D eigenvalue weighted by molar-refractivity contribution is 5.61. The van der Waals surface area contributed by atoms with Crippen molar-refractivity contribution in [3.05, 3.63) is 57.9 Å². The van der Waals surface area contributed by atoms with Crippen molar-refractivity contribution in [3.8, 4) is 11.3 Å². The molecule has 2 aromatic rings. The Hall–Kier alpha value is -2.04. The minimum atomic E-state index is -4.52. The maximum absolute atomic E-state index is 12.7. The van der Waals surface area contributed by atoms with Crippen LogP contribution in [0.5, 0.6) is 0 Å². The summed E-state index contributed by atoms with van der Waals surface area (Å²) in [6.45, 7) is 1.88. The Kier molecular flexibility index (Phi) is 3.22. The molecule has 0 spiro atoms. The van der Waals surface area contributed by atoms with Crippen LogP contribution in [0.25, 0.3) is 11.3 Å². The third-order valence-corrected chi connectivity index (χ3v) is 2.94. The van der Waals surface area contributed by atoms with E-state index < -0.39 is 17.3 Å². The second-order valence-electron chi connectivity index (χ2n) is 4.39. The van der Waals surface area contributed by atoms with E-state index in [0.717, 1.165) is 11.6 Å². The van der Waals surface area contributed by atoms with Crippen molar-refractivity contribution in [2.75, 3.05) is 0 Å². The summed E-state index contributed by atoms with van der Waals surface area (Å²) in [6.07, 6.45) is -4.52. The van der Waals surface area contributed by atoms with E-state index in [1.807, 2.05) is 6.92 Å². The smallest absolute Gasteiger partial charge is 0.311 e. The van der Waals surface area contributed by atoms with E-state index in [1.54, 1.807) is 24.3 Å². The number of rotatable bonds is 1. The molecule has 100 valence electrons. The number of pyridine rings is 1. The van der Waals surface area contributed by atoms with Crippen molar-refractivity contribution in [3.63, 3.8) is 0 Å². The highest BCUT2D eigenvalue weighted by atomic mass is 19.4. The van der Waals surface area contributed by atoms with Crippen LogP contribution in [-0.2, 0) is 13.2 Å². The quantitative estimate of drug-likeness (QED) is 0.776. The number of halogens is 3. The van der Waals surface area contributed by atoms with Crippen LogP contribution in [0, 0.1) is 6.92 Å². The lowest BCUT2D eigenvalue weighted by Crippen LogP contribution is -2.21. The van der Waals surface area contributed by atoms with Gasteiger partial charge in [0, 0.05) is 13.1 Å². The molecule has 0 N–H and O–H groups in total. The number of hydrogen-bond donors (Lipinski definition) is 0. The van der Waals surface area contributed by atoms with E-state index in [4.69, 9.17) is 0 Å². The lowest BCUT2D eigenvalue weighted by atomic mass is 10.1. The number of benzene rings is 1. The monoisotopic (exact) mass is 267 g/mol. The van der Waals surface area contributed by atoms with Gasteiger partial charge in [0.1, 0.15) is 0 Å². The fourth-order valence-corrected chi connectivity index (χ4v) is 1.80. The van der Waals surface area contributed by atoms with Crippen LogP contribution < -0.4 is 5.56 Å².